The van der Waals surface area contributed by atoms with Gasteiger partial charge in [-0.05, 0) is 12.5 Å². The van der Waals surface area contributed by atoms with Crippen molar-refractivity contribution in [2.24, 2.45) is 0 Å². The second-order valence-electron chi connectivity index (χ2n) is 4.23. The highest BCUT2D eigenvalue weighted by atomic mass is 16.6. The lowest BCUT2D eigenvalue weighted by atomic mass is 9.87. The van der Waals surface area contributed by atoms with Gasteiger partial charge in [-0.3, -0.25) is 4.79 Å². The minimum absolute atomic E-state index is 0.386. The zero-order valence-corrected chi connectivity index (χ0v) is 8.96. The molecule has 86 valence electrons. The van der Waals surface area contributed by atoms with E-state index in [0.717, 1.165) is 0 Å². The molecule has 4 nitrogen and oxygen atoms in total. The zero-order valence-electron chi connectivity index (χ0n) is 8.96. The Bertz CT molecular complexity index is 389. The number of benzene rings is 1. The topological polar surface area (TPSA) is 66.8 Å². The van der Waals surface area contributed by atoms with Crippen LogP contribution in [0.1, 0.15) is 18.4 Å². The number of cyclic esters (lactones) is 1. The lowest BCUT2D eigenvalue weighted by Gasteiger charge is -2.24. The molecule has 0 saturated carbocycles. The van der Waals surface area contributed by atoms with Gasteiger partial charge >= 0.3 is 5.97 Å². The maximum Gasteiger partial charge on any atom is 0.316 e. The molecule has 0 spiro atoms. The Hall–Kier alpha value is -1.39. The molecule has 0 aliphatic carbocycles. The second kappa shape index (κ2) is 3.88. The number of aliphatic hydroxyl groups excluding tert-OH is 2. The fourth-order valence-corrected chi connectivity index (χ4v) is 1.94. The average Bonchev–Trinajstić information content (AvgIpc) is 2.52. The highest BCUT2D eigenvalue weighted by Gasteiger charge is 2.52. The van der Waals surface area contributed by atoms with Gasteiger partial charge in [0.1, 0.15) is 12.0 Å². The molecule has 1 saturated heterocycles. The molecule has 1 aromatic rings. The summed E-state index contributed by atoms with van der Waals surface area (Å²) in [5.41, 5.74) is -0.491. The van der Waals surface area contributed by atoms with Gasteiger partial charge in [0, 0.05) is 0 Å². The average molecular weight is 222 g/mol. The maximum absolute atomic E-state index is 11.7. The summed E-state index contributed by atoms with van der Waals surface area (Å²) in [6.45, 7) is 1.14. The molecule has 1 aliphatic heterocycles. The van der Waals surface area contributed by atoms with Gasteiger partial charge < -0.3 is 14.9 Å². The highest BCUT2D eigenvalue weighted by Crippen LogP contribution is 2.37. The van der Waals surface area contributed by atoms with Crippen LogP contribution in [0.2, 0.25) is 0 Å². The summed E-state index contributed by atoms with van der Waals surface area (Å²) < 4.78 is 5.04. The van der Waals surface area contributed by atoms with Gasteiger partial charge in [0.25, 0.3) is 0 Å². The summed E-state index contributed by atoms with van der Waals surface area (Å²) in [6, 6.07) is 8.95. The SMILES string of the molecule is C[C@]1(CO)OC(=O)[C@@H](c2ccccc2)[C@@H]1O. The van der Waals surface area contributed by atoms with Crippen LogP contribution in [0.5, 0.6) is 0 Å². The van der Waals surface area contributed by atoms with Crippen LogP contribution in [-0.4, -0.2) is 34.5 Å². The molecule has 1 aliphatic rings. The summed E-state index contributed by atoms with van der Waals surface area (Å²) in [7, 11) is 0. The standard InChI is InChI=1S/C12H14O4/c1-12(7-13)10(14)9(11(15)16-12)8-5-3-2-4-6-8/h2-6,9-10,13-14H,7H2,1H3/t9-,10-,12+/m0/s1. The van der Waals surface area contributed by atoms with E-state index in [9.17, 15) is 9.90 Å². The third kappa shape index (κ3) is 1.60. The Morgan fingerprint density at radius 2 is 2.00 bits per heavy atom. The fraction of sp³-hybridized carbons (Fsp3) is 0.417. The molecule has 0 unspecified atom stereocenters. The van der Waals surface area contributed by atoms with Gasteiger partial charge in [0.15, 0.2) is 5.60 Å². The van der Waals surface area contributed by atoms with Gasteiger partial charge in [0.05, 0.1) is 6.61 Å². The second-order valence-corrected chi connectivity index (χ2v) is 4.23. The van der Waals surface area contributed by atoms with Crippen LogP contribution >= 0.6 is 0 Å². The van der Waals surface area contributed by atoms with Crippen LogP contribution in [0.25, 0.3) is 0 Å². The van der Waals surface area contributed by atoms with Crippen molar-refractivity contribution in [3.63, 3.8) is 0 Å². The number of carbonyl (C=O) groups excluding carboxylic acids is 1. The predicted octanol–water partition coefficient (Wildman–Crippen LogP) is 0.439. The Morgan fingerprint density at radius 3 is 2.50 bits per heavy atom. The number of aliphatic hydroxyl groups is 2. The first kappa shape index (κ1) is 11.1. The molecule has 2 rings (SSSR count). The minimum atomic E-state index is -1.20. The Kier molecular flexibility index (Phi) is 2.69. The number of hydrogen-bond donors (Lipinski definition) is 2. The van der Waals surface area contributed by atoms with Crippen molar-refractivity contribution in [1.29, 1.82) is 0 Å². The fourth-order valence-electron chi connectivity index (χ4n) is 1.94. The molecule has 0 bridgehead atoms. The van der Waals surface area contributed by atoms with E-state index in [1.807, 2.05) is 6.07 Å². The summed E-state index contributed by atoms with van der Waals surface area (Å²) in [6.07, 6.45) is -1.02. The summed E-state index contributed by atoms with van der Waals surface area (Å²) in [5.74, 6) is -1.20. The number of rotatable bonds is 2. The van der Waals surface area contributed by atoms with Crippen LogP contribution in [0.3, 0.4) is 0 Å². The van der Waals surface area contributed by atoms with Crippen molar-refractivity contribution < 1.29 is 19.7 Å². The molecule has 0 aromatic heterocycles. The van der Waals surface area contributed by atoms with E-state index in [2.05, 4.69) is 0 Å². The first-order valence-corrected chi connectivity index (χ1v) is 5.15. The van der Waals surface area contributed by atoms with Crippen molar-refractivity contribution in [2.75, 3.05) is 6.61 Å². The third-order valence-corrected chi connectivity index (χ3v) is 3.00. The first-order valence-electron chi connectivity index (χ1n) is 5.15. The van der Waals surface area contributed by atoms with E-state index in [-0.39, 0.29) is 6.61 Å². The van der Waals surface area contributed by atoms with Crippen LogP contribution in [0.4, 0.5) is 0 Å². The summed E-state index contributed by atoms with van der Waals surface area (Å²) >= 11 is 0. The van der Waals surface area contributed by atoms with Gasteiger partial charge in [-0.25, -0.2) is 0 Å². The molecule has 2 N–H and O–H groups in total. The van der Waals surface area contributed by atoms with E-state index in [4.69, 9.17) is 9.84 Å². The molecule has 1 aromatic carbocycles. The molecular formula is C12H14O4. The molecule has 0 amide bonds. The van der Waals surface area contributed by atoms with Crippen LogP contribution in [0, 0.1) is 0 Å². The van der Waals surface area contributed by atoms with Gasteiger partial charge in [0.2, 0.25) is 0 Å². The van der Waals surface area contributed by atoms with E-state index in [1.165, 1.54) is 6.92 Å². The van der Waals surface area contributed by atoms with Crippen molar-refractivity contribution in [3.8, 4) is 0 Å². The Morgan fingerprint density at radius 1 is 1.38 bits per heavy atom. The zero-order chi connectivity index (χ0) is 11.8. The molecule has 1 fully saturated rings. The first-order chi connectivity index (χ1) is 7.58. The normalized spacial score (nSPS) is 33.8. The van der Waals surface area contributed by atoms with E-state index in [1.54, 1.807) is 24.3 Å². The van der Waals surface area contributed by atoms with Crippen molar-refractivity contribution in [3.05, 3.63) is 35.9 Å². The molecule has 0 radical (unpaired) electrons. The predicted molar refractivity (Wildman–Crippen MR) is 56.8 cm³/mol. The van der Waals surface area contributed by atoms with Crippen molar-refractivity contribution in [2.45, 2.75) is 24.5 Å². The van der Waals surface area contributed by atoms with Gasteiger partial charge in [-0.1, -0.05) is 30.3 Å². The molecule has 16 heavy (non-hydrogen) atoms. The number of carbonyl (C=O) groups is 1. The Balaban J connectivity index is 2.34. The minimum Gasteiger partial charge on any atom is -0.454 e. The van der Waals surface area contributed by atoms with E-state index < -0.39 is 23.6 Å². The van der Waals surface area contributed by atoms with Crippen LogP contribution < -0.4 is 0 Å². The lowest BCUT2D eigenvalue weighted by Crippen LogP contribution is -2.41. The van der Waals surface area contributed by atoms with Gasteiger partial charge in [-0.2, -0.15) is 0 Å². The lowest BCUT2D eigenvalue weighted by molar-refractivity contribution is -0.153. The maximum atomic E-state index is 11.7. The quantitative estimate of drug-likeness (QED) is 0.712. The number of hydrogen-bond acceptors (Lipinski definition) is 4. The third-order valence-electron chi connectivity index (χ3n) is 3.00. The van der Waals surface area contributed by atoms with Crippen LogP contribution in [0.15, 0.2) is 30.3 Å². The van der Waals surface area contributed by atoms with Crippen molar-refractivity contribution in [1.82, 2.24) is 0 Å². The van der Waals surface area contributed by atoms with Gasteiger partial charge in [-0.15, -0.1) is 0 Å². The molecule has 1 heterocycles. The smallest absolute Gasteiger partial charge is 0.316 e. The molecular weight excluding hydrogens is 208 g/mol. The summed E-state index contributed by atoms with van der Waals surface area (Å²) in [4.78, 5) is 11.7. The number of ether oxygens (including phenoxy) is 1. The highest BCUT2D eigenvalue weighted by molar-refractivity contribution is 5.82. The van der Waals surface area contributed by atoms with E-state index >= 15 is 0 Å². The molecule has 4 heteroatoms. The van der Waals surface area contributed by atoms with E-state index in [0.29, 0.717) is 5.56 Å². The number of esters is 1. The summed E-state index contributed by atoms with van der Waals surface area (Å²) in [5, 5.41) is 19.2. The monoisotopic (exact) mass is 222 g/mol. The Labute approximate surface area is 93.5 Å². The molecule has 3 atom stereocenters. The largest absolute Gasteiger partial charge is 0.454 e. The van der Waals surface area contributed by atoms with Crippen molar-refractivity contribution >= 4 is 5.97 Å². The van der Waals surface area contributed by atoms with Crippen LogP contribution in [-0.2, 0) is 9.53 Å².